The monoisotopic (exact) mass is 513 g/mol. The van der Waals surface area contributed by atoms with Crippen LogP contribution in [0, 0.1) is 9.49 Å². The van der Waals surface area contributed by atoms with Crippen LogP contribution in [0.3, 0.4) is 0 Å². The van der Waals surface area contributed by atoms with Crippen LogP contribution in [-0.2, 0) is 34.3 Å². The fraction of sp³-hybridized carbons (Fsp3) is 0.562. The average Bonchev–Trinajstić information content (AvgIpc) is 2.54. The van der Waals surface area contributed by atoms with E-state index in [0.717, 1.165) is 12.8 Å². The zero-order valence-electron chi connectivity index (χ0n) is 14.9. The Morgan fingerprint density at radius 3 is 2.42 bits per heavy atom. The molecule has 2 atom stereocenters. The van der Waals surface area contributed by atoms with Crippen LogP contribution in [0.5, 0.6) is 0 Å². The minimum Gasteiger partial charge on any atom is -0.870 e. The molecule has 5 nitrogen and oxygen atoms in total. The second-order valence-corrected chi connectivity index (χ2v) is 11.4. The standard InChI is InChI=1S/C16H20ClFIO4S.Li.H2O/c1-16(2,12-8-4-5-9-13(12)19(17)18)23-15(20)11-7-3-6-10-14(11)24(21)22;;/h4-5,8-9,11,14H,3,6-7,10H2,1-2H3;;1H2/q-1;+1;/p-1. The Labute approximate surface area is 178 Å². The van der Waals surface area contributed by atoms with Gasteiger partial charge in [0.25, 0.3) is 0 Å². The first-order valence-electron chi connectivity index (χ1n) is 7.67. The Bertz CT molecular complexity index is 678. The van der Waals surface area contributed by atoms with E-state index < -0.39 is 52.7 Å². The van der Waals surface area contributed by atoms with E-state index in [1.165, 1.54) is 0 Å². The summed E-state index contributed by atoms with van der Waals surface area (Å²) in [5, 5.41) is -0.713. The van der Waals surface area contributed by atoms with Gasteiger partial charge in [0.15, 0.2) is 0 Å². The molecule has 1 saturated carbocycles. The van der Waals surface area contributed by atoms with Crippen LogP contribution in [0.25, 0.3) is 0 Å². The number of hydrogen-bond donors (Lipinski definition) is 0. The van der Waals surface area contributed by atoms with Gasteiger partial charge < -0.3 is 5.48 Å². The molecular weight excluding hydrogens is 493 g/mol. The molecule has 0 radical (unpaired) electrons. The summed E-state index contributed by atoms with van der Waals surface area (Å²) in [7, 11) is 3.42. The van der Waals surface area contributed by atoms with Gasteiger partial charge in [0.05, 0.1) is 0 Å². The van der Waals surface area contributed by atoms with Gasteiger partial charge in [-0.1, -0.05) is 0 Å². The zero-order chi connectivity index (χ0) is 17.9. The minimum absolute atomic E-state index is 0. The number of carbonyl (C=O) groups is 1. The van der Waals surface area contributed by atoms with E-state index in [0.29, 0.717) is 22.0 Å². The van der Waals surface area contributed by atoms with Crippen molar-refractivity contribution in [1.29, 1.82) is 0 Å². The van der Waals surface area contributed by atoms with Gasteiger partial charge in [-0.3, -0.25) is 0 Å². The molecule has 26 heavy (non-hydrogen) atoms. The fourth-order valence-corrected chi connectivity index (χ4v) is 6.51. The number of benzene rings is 1. The molecule has 1 aromatic rings. The SMILES string of the molecule is CC(C)(OC(=O)C1CCCCC1[S-](=O)=O)c1ccccc1I(F)Cl.[Li+].[OH-]. The molecule has 0 bridgehead atoms. The van der Waals surface area contributed by atoms with Crippen LogP contribution in [0.15, 0.2) is 24.3 Å². The molecular formula is C16H21ClFILiO5S-. The summed E-state index contributed by atoms with van der Waals surface area (Å²) in [5.74, 6) is -1.21. The first-order chi connectivity index (χ1) is 11.2. The summed E-state index contributed by atoms with van der Waals surface area (Å²) in [5.41, 5.74) is -0.534. The Morgan fingerprint density at radius 2 is 1.85 bits per heavy atom. The number of carbonyl (C=O) groups excluding carboxylic acids is 1. The molecule has 1 fully saturated rings. The molecule has 0 heterocycles. The summed E-state index contributed by atoms with van der Waals surface area (Å²) in [6.45, 7) is 3.35. The molecule has 2 rings (SSSR count). The van der Waals surface area contributed by atoms with Gasteiger partial charge in [-0.25, -0.2) is 0 Å². The molecule has 1 aliphatic carbocycles. The predicted octanol–water partition coefficient (Wildman–Crippen LogP) is 1.87. The normalized spacial score (nSPS) is 20.6. The zero-order valence-corrected chi connectivity index (χ0v) is 18.6. The topological polar surface area (TPSA) is 90.4 Å². The summed E-state index contributed by atoms with van der Waals surface area (Å²) >= 11 is -3.27. The number of halogens is 3. The van der Waals surface area contributed by atoms with Gasteiger partial charge in [-0.05, 0) is 0 Å². The first-order valence-corrected chi connectivity index (χ1v) is 13.4. The molecule has 144 valence electrons. The van der Waals surface area contributed by atoms with Crippen LogP contribution in [0.1, 0.15) is 45.1 Å². The van der Waals surface area contributed by atoms with Gasteiger partial charge >= 0.3 is 174 Å². The summed E-state index contributed by atoms with van der Waals surface area (Å²) in [6, 6.07) is 6.74. The second kappa shape index (κ2) is 11.2. The van der Waals surface area contributed by atoms with E-state index >= 15 is 0 Å². The van der Waals surface area contributed by atoms with Gasteiger partial charge in [0, 0.05) is 0 Å². The first kappa shape index (κ1) is 26.1. The van der Waals surface area contributed by atoms with Crippen LogP contribution < -0.4 is 18.9 Å². The molecule has 0 aromatic heterocycles. The maximum absolute atomic E-state index is 13.8. The third-order valence-corrected chi connectivity index (χ3v) is 8.19. The molecule has 1 aliphatic rings. The predicted molar refractivity (Wildman–Crippen MR) is 102 cm³/mol. The minimum atomic E-state index is -3.27. The summed E-state index contributed by atoms with van der Waals surface area (Å²) in [4.78, 5) is 12.6. The van der Waals surface area contributed by atoms with Gasteiger partial charge in [0.1, 0.15) is 0 Å². The van der Waals surface area contributed by atoms with E-state index in [-0.39, 0.29) is 24.3 Å². The van der Waals surface area contributed by atoms with Gasteiger partial charge in [-0.15, -0.1) is 0 Å². The molecule has 0 amide bonds. The Kier molecular flexibility index (Phi) is 11.3. The number of esters is 1. The van der Waals surface area contributed by atoms with Gasteiger partial charge in [0.2, 0.25) is 0 Å². The summed E-state index contributed by atoms with van der Waals surface area (Å²) in [6.07, 6.45) is 2.55. The van der Waals surface area contributed by atoms with Crippen molar-refractivity contribution in [2.45, 2.75) is 50.4 Å². The van der Waals surface area contributed by atoms with Crippen molar-refractivity contribution < 1.29 is 45.1 Å². The van der Waals surface area contributed by atoms with Gasteiger partial charge in [-0.2, -0.15) is 0 Å². The van der Waals surface area contributed by atoms with Crippen molar-refractivity contribution in [2.75, 3.05) is 0 Å². The van der Waals surface area contributed by atoms with Crippen LogP contribution >= 0.6 is 28.2 Å². The molecule has 2 unspecified atom stereocenters. The fourth-order valence-electron chi connectivity index (χ4n) is 3.05. The van der Waals surface area contributed by atoms with Crippen molar-refractivity contribution in [2.24, 2.45) is 5.92 Å². The Balaban J connectivity index is 0.00000312. The van der Waals surface area contributed by atoms with Crippen molar-refractivity contribution in [3.63, 3.8) is 0 Å². The molecule has 1 N–H and O–H groups in total. The maximum Gasteiger partial charge on any atom is 1.00 e. The molecule has 0 aliphatic heterocycles. The quantitative estimate of drug-likeness (QED) is 0.260. The van der Waals surface area contributed by atoms with E-state index in [4.69, 9.17) is 13.6 Å². The molecule has 10 heteroatoms. The maximum atomic E-state index is 13.8. The smallest absolute Gasteiger partial charge is 0.870 e. The van der Waals surface area contributed by atoms with E-state index in [1.807, 2.05) is 0 Å². The molecule has 1 aromatic carbocycles. The Morgan fingerprint density at radius 1 is 1.27 bits per heavy atom. The number of hydrogen-bond acceptors (Lipinski definition) is 6. The molecule has 0 spiro atoms. The van der Waals surface area contributed by atoms with E-state index in [1.54, 1.807) is 38.1 Å². The average molecular weight is 514 g/mol. The van der Waals surface area contributed by atoms with E-state index in [2.05, 4.69) is 0 Å². The van der Waals surface area contributed by atoms with Crippen LogP contribution in [0.2, 0.25) is 0 Å². The Hall–Kier alpha value is 0.147. The van der Waals surface area contributed by atoms with Crippen LogP contribution in [0.4, 0.5) is 2.86 Å². The third-order valence-electron chi connectivity index (χ3n) is 4.28. The van der Waals surface area contributed by atoms with Crippen molar-refractivity contribution >= 4 is 44.8 Å². The second-order valence-electron chi connectivity index (χ2n) is 6.30. The third kappa shape index (κ3) is 6.35. The van der Waals surface area contributed by atoms with Crippen molar-refractivity contribution in [3.05, 3.63) is 33.4 Å². The largest absolute Gasteiger partial charge is 1.00 e. The van der Waals surface area contributed by atoms with Crippen molar-refractivity contribution in [1.82, 2.24) is 0 Å². The number of ether oxygens (including phenoxy) is 1. The van der Waals surface area contributed by atoms with Crippen LogP contribution in [-0.4, -0.2) is 16.7 Å². The summed E-state index contributed by atoms with van der Waals surface area (Å²) < 4.78 is 42.6. The van der Waals surface area contributed by atoms with E-state index in [9.17, 15) is 16.1 Å². The molecule has 0 saturated heterocycles. The van der Waals surface area contributed by atoms with Crippen molar-refractivity contribution in [3.8, 4) is 0 Å². The number of rotatable bonds is 5.